The van der Waals surface area contributed by atoms with Gasteiger partial charge in [-0.2, -0.15) is 0 Å². The summed E-state index contributed by atoms with van der Waals surface area (Å²) in [6.07, 6.45) is 6.27. The third-order valence-corrected chi connectivity index (χ3v) is 1.23. The average molecular weight is 124 g/mol. The van der Waals surface area contributed by atoms with Crippen LogP contribution in [0.4, 0.5) is 4.39 Å². The summed E-state index contributed by atoms with van der Waals surface area (Å²) in [7, 11) is 0. The highest BCUT2D eigenvalue weighted by Gasteiger charge is 2.21. The Morgan fingerprint density at radius 2 is 2.56 bits per heavy atom. The van der Waals surface area contributed by atoms with Gasteiger partial charge in [-0.15, -0.1) is 6.42 Å². The van der Waals surface area contributed by atoms with Crippen LogP contribution in [-0.2, 0) is 4.79 Å². The molecule has 0 aromatic carbocycles. The molecule has 0 amide bonds. The lowest BCUT2D eigenvalue weighted by molar-refractivity contribution is -0.116. The molecule has 0 bridgehead atoms. The van der Waals surface area contributed by atoms with Gasteiger partial charge in [-0.05, 0) is 6.08 Å². The van der Waals surface area contributed by atoms with Crippen LogP contribution in [0.25, 0.3) is 0 Å². The molecule has 0 aromatic heterocycles. The van der Waals surface area contributed by atoms with Gasteiger partial charge in [0.15, 0.2) is 11.6 Å². The molecule has 46 valence electrons. The van der Waals surface area contributed by atoms with E-state index in [1.54, 1.807) is 0 Å². The van der Waals surface area contributed by atoms with Crippen LogP contribution in [0.5, 0.6) is 0 Å². The van der Waals surface area contributed by atoms with E-state index in [1.165, 1.54) is 6.08 Å². The van der Waals surface area contributed by atoms with E-state index in [2.05, 4.69) is 5.92 Å². The summed E-state index contributed by atoms with van der Waals surface area (Å²) in [4.78, 5) is 10.4. The molecule has 0 saturated carbocycles. The second-order valence-corrected chi connectivity index (χ2v) is 1.92. The van der Waals surface area contributed by atoms with Crippen molar-refractivity contribution in [1.29, 1.82) is 0 Å². The van der Waals surface area contributed by atoms with Crippen molar-refractivity contribution in [2.75, 3.05) is 0 Å². The number of allylic oxidation sites excluding steroid dienone is 2. The van der Waals surface area contributed by atoms with Gasteiger partial charge >= 0.3 is 0 Å². The minimum atomic E-state index is -0.682. The van der Waals surface area contributed by atoms with Gasteiger partial charge in [0.25, 0.3) is 0 Å². The van der Waals surface area contributed by atoms with E-state index in [0.29, 0.717) is 0 Å². The van der Waals surface area contributed by atoms with Crippen LogP contribution in [0.2, 0.25) is 0 Å². The molecular weight excluding hydrogens is 119 g/mol. The zero-order valence-corrected chi connectivity index (χ0v) is 4.73. The highest BCUT2D eigenvalue weighted by Crippen LogP contribution is 2.20. The number of halogens is 1. The summed E-state index contributed by atoms with van der Waals surface area (Å²) < 4.78 is 12.2. The predicted molar refractivity (Wildman–Crippen MR) is 31.1 cm³/mol. The van der Waals surface area contributed by atoms with E-state index in [1.807, 2.05) is 0 Å². The van der Waals surface area contributed by atoms with E-state index in [-0.39, 0.29) is 12.3 Å². The highest BCUT2D eigenvalue weighted by atomic mass is 19.1. The van der Waals surface area contributed by atoms with Crippen LogP contribution >= 0.6 is 0 Å². The molecule has 1 aliphatic carbocycles. The Balaban J connectivity index is 2.77. The molecular formula is C7H5FO. The van der Waals surface area contributed by atoms with Gasteiger partial charge in [-0.25, -0.2) is 4.39 Å². The van der Waals surface area contributed by atoms with Gasteiger partial charge in [-0.1, -0.05) is 5.92 Å². The number of ketones is 1. The summed E-state index contributed by atoms with van der Waals surface area (Å²) in [6.45, 7) is 0. The van der Waals surface area contributed by atoms with Crippen molar-refractivity contribution in [2.24, 2.45) is 5.92 Å². The maximum Gasteiger partial charge on any atom is 0.192 e. The first-order valence-electron chi connectivity index (χ1n) is 2.60. The van der Waals surface area contributed by atoms with Crippen molar-refractivity contribution in [2.45, 2.75) is 6.42 Å². The fourth-order valence-electron chi connectivity index (χ4n) is 0.733. The molecule has 1 rings (SSSR count). The number of terminal acetylenes is 1. The largest absolute Gasteiger partial charge is 0.292 e. The zero-order chi connectivity index (χ0) is 6.85. The molecule has 0 N–H and O–H groups in total. The van der Waals surface area contributed by atoms with E-state index < -0.39 is 11.6 Å². The SMILES string of the molecule is C#CC1C=C(F)C(=O)C1. The van der Waals surface area contributed by atoms with Crippen LogP contribution < -0.4 is 0 Å². The van der Waals surface area contributed by atoms with Gasteiger partial charge in [0.2, 0.25) is 0 Å². The Labute approximate surface area is 52.6 Å². The first-order valence-corrected chi connectivity index (χ1v) is 2.60. The number of carbonyl (C=O) groups is 1. The van der Waals surface area contributed by atoms with Crippen LogP contribution in [-0.4, -0.2) is 5.78 Å². The molecule has 1 nitrogen and oxygen atoms in total. The first-order chi connectivity index (χ1) is 4.24. The molecule has 0 spiro atoms. The molecule has 0 aliphatic heterocycles. The van der Waals surface area contributed by atoms with E-state index >= 15 is 0 Å². The van der Waals surface area contributed by atoms with E-state index in [0.717, 1.165) is 0 Å². The summed E-state index contributed by atoms with van der Waals surface area (Å²) in [5, 5.41) is 0. The number of rotatable bonds is 0. The monoisotopic (exact) mass is 124 g/mol. The molecule has 1 aliphatic rings. The molecule has 2 heteroatoms. The molecule has 0 heterocycles. The minimum Gasteiger partial charge on any atom is -0.292 e. The van der Waals surface area contributed by atoms with Crippen molar-refractivity contribution < 1.29 is 9.18 Å². The third kappa shape index (κ3) is 0.996. The minimum absolute atomic E-state index is 0.141. The standard InChI is InChI=1S/C7H5FO/c1-2-5-3-6(8)7(9)4-5/h1,3,5H,4H2. The number of hydrogen-bond acceptors (Lipinski definition) is 1. The van der Waals surface area contributed by atoms with Crippen LogP contribution in [0.15, 0.2) is 11.9 Å². The Kier molecular flexibility index (Phi) is 1.35. The molecule has 1 atom stereocenters. The van der Waals surface area contributed by atoms with Crippen LogP contribution in [0.1, 0.15) is 6.42 Å². The molecule has 9 heavy (non-hydrogen) atoms. The Bertz CT molecular complexity index is 209. The van der Waals surface area contributed by atoms with Gasteiger partial charge in [0, 0.05) is 12.3 Å². The van der Waals surface area contributed by atoms with Crippen molar-refractivity contribution in [3.63, 3.8) is 0 Å². The highest BCUT2D eigenvalue weighted by molar-refractivity contribution is 5.96. The molecule has 0 radical (unpaired) electrons. The molecule has 0 saturated heterocycles. The van der Waals surface area contributed by atoms with Crippen LogP contribution in [0.3, 0.4) is 0 Å². The second-order valence-electron chi connectivity index (χ2n) is 1.92. The van der Waals surface area contributed by atoms with Gasteiger partial charge in [0.1, 0.15) is 0 Å². The summed E-state index contributed by atoms with van der Waals surface area (Å²) in [5.74, 6) is 0.823. The summed E-state index contributed by atoms with van der Waals surface area (Å²) in [5.41, 5.74) is 0. The maximum atomic E-state index is 12.2. The van der Waals surface area contributed by atoms with Gasteiger partial charge < -0.3 is 0 Å². The van der Waals surface area contributed by atoms with Crippen molar-refractivity contribution in [3.05, 3.63) is 11.9 Å². The Hall–Kier alpha value is -1.10. The number of Topliss-reactive ketones (excluding diaryl/α,β-unsaturated/α-hetero) is 1. The Morgan fingerprint density at radius 3 is 2.78 bits per heavy atom. The number of carbonyl (C=O) groups excluding carboxylic acids is 1. The third-order valence-electron chi connectivity index (χ3n) is 1.23. The fraction of sp³-hybridized carbons (Fsp3) is 0.286. The zero-order valence-electron chi connectivity index (χ0n) is 4.73. The van der Waals surface area contributed by atoms with Gasteiger partial charge in [-0.3, -0.25) is 4.79 Å². The van der Waals surface area contributed by atoms with E-state index in [4.69, 9.17) is 6.42 Å². The summed E-state index contributed by atoms with van der Waals surface area (Å²) in [6, 6.07) is 0. The van der Waals surface area contributed by atoms with Crippen molar-refractivity contribution >= 4 is 5.78 Å². The smallest absolute Gasteiger partial charge is 0.192 e. The van der Waals surface area contributed by atoms with E-state index in [9.17, 15) is 9.18 Å². The number of hydrogen-bond donors (Lipinski definition) is 0. The Morgan fingerprint density at radius 1 is 1.89 bits per heavy atom. The molecule has 0 fully saturated rings. The van der Waals surface area contributed by atoms with Gasteiger partial charge in [0.05, 0.1) is 0 Å². The predicted octanol–water partition coefficient (Wildman–Crippen LogP) is 1.06. The quantitative estimate of drug-likeness (QED) is 0.441. The van der Waals surface area contributed by atoms with Crippen molar-refractivity contribution in [3.8, 4) is 12.3 Å². The fourth-order valence-corrected chi connectivity index (χ4v) is 0.733. The summed E-state index contributed by atoms with van der Waals surface area (Å²) >= 11 is 0. The second kappa shape index (κ2) is 2.02. The van der Waals surface area contributed by atoms with Crippen molar-refractivity contribution in [1.82, 2.24) is 0 Å². The first kappa shape index (κ1) is 6.03. The lowest BCUT2D eigenvalue weighted by Gasteiger charge is -1.88. The topological polar surface area (TPSA) is 17.1 Å². The molecule has 1 unspecified atom stereocenters. The lowest BCUT2D eigenvalue weighted by atomic mass is 10.1. The normalized spacial score (nSPS) is 25.6. The van der Waals surface area contributed by atoms with Crippen LogP contribution in [0, 0.1) is 18.3 Å². The maximum absolute atomic E-state index is 12.2. The molecule has 0 aromatic rings. The average Bonchev–Trinajstić information content (AvgIpc) is 2.13. The lowest BCUT2D eigenvalue weighted by Crippen LogP contribution is -1.93.